The van der Waals surface area contributed by atoms with Gasteiger partial charge in [-0.1, -0.05) is 0 Å². The number of nitrogens with zero attached hydrogens (tertiary/aromatic N) is 1. The van der Waals surface area contributed by atoms with E-state index in [4.69, 9.17) is 11.6 Å². The molecule has 6 heteroatoms. The van der Waals surface area contributed by atoms with E-state index < -0.39 is 6.10 Å². The van der Waals surface area contributed by atoms with Crippen LogP contribution in [0.5, 0.6) is 0 Å². The lowest BCUT2D eigenvalue weighted by atomic mass is 10.2. The molecule has 1 aromatic heterocycles. The number of aliphatic hydroxyl groups excluding tert-OH is 1. The Morgan fingerprint density at radius 1 is 1.56 bits per heavy atom. The average Bonchev–Trinajstić information content (AvgIpc) is 2.67. The van der Waals surface area contributed by atoms with E-state index in [-0.39, 0.29) is 5.88 Å². The molecule has 1 unspecified atom stereocenters. The fraction of sp³-hybridized carbons (Fsp3) is 0.300. The van der Waals surface area contributed by atoms with Gasteiger partial charge in [0, 0.05) is 17.6 Å². The number of halogens is 2. The Labute approximate surface area is 112 Å². The normalized spacial score (nSPS) is 12.9. The summed E-state index contributed by atoms with van der Waals surface area (Å²) in [5.41, 5.74) is 1.84. The first-order valence-corrected chi connectivity index (χ1v) is 6.43. The van der Waals surface area contributed by atoms with Crippen molar-refractivity contribution in [1.82, 2.24) is 10.2 Å². The first-order chi connectivity index (χ1) is 7.70. The molecule has 16 heavy (non-hydrogen) atoms. The molecule has 4 nitrogen and oxygen atoms in total. The van der Waals surface area contributed by atoms with Crippen LogP contribution in [0, 0.1) is 3.70 Å². The van der Waals surface area contributed by atoms with Crippen molar-refractivity contribution < 1.29 is 5.11 Å². The molecule has 0 saturated carbocycles. The highest BCUT2D eigenvalue weighted by Gasteiger charge is 2.05. The van der Waals surface area contributed by atoms with Gasteiger partial charge >= 0.3 is 0 Å². The van der Waals surface area contributed by atoms with Gasteiger partial charge in [0.2, 0.25) is 0 Å². The van der Waals surface area contributed by atoms with Crippen LogP contribution in [-0.2, 0) is 0 Å². The molecule has 0 bridgehead atoms. The Morgan fingerprint density at radius 3 is 3.12 bits per heavy atom. The summed E-state index contributed by atoms with van der Waals surface area (Å²) < 4.78 is 1.03. The third-order valence-electron chi connectivity index (χ3n) is 2.23. The van der Waals surface area contributed by atoms with Crippen LogP contribution in [0.25, 0.3) is 10.9 Å². The third-order valence-corrected chi connectivity index (χ3v) is 3.41. The molecular weight excluding hydrogens is 340 g/mol. The molecule has 0 aliphatic rings. The van der Waals surface area contributed by atoms with E-state index in [1.165, 1.54) is 0 Å². The van der Waals surface area contributed by atoms with Crippen molar-refractivity contribution in [3.8, 4) is 0 Å². The molecule has 0 aliphatic carbocycles. The van der Waals surface area contributed by atoms with Gasteiger partial charge in [0.15, 0.2) is 0 Å². The summed E-state index contributed by atoms with van der Waals surface area (Å²) in [6, 6.07) is 5.89. The number of aliphatic hydroxyl groups is 1. The summed E-state index contributed by atoms with van der Waals surface area (Å²) in [4.78, 5) is 0. The highest BCUT2D eigenvalue weighted by Crippen LogP contribution is 2.21. The van der Waals surface area contributed by atoms with Gasteiger partial charge in [0.05, 0.1) is 17.5 Å². The number of hydrogen-bond acceptors (Lipinski definition) is 3. The average molecular weight is 352 g/mol. The molecule has 0 spiro atoms. The highest BCUT2D eigenvalue weighted by atomic mass is 127. The second-order valence-electron chi connectivity index (χ2n) is 3.46. The number of H-pyrrole nitrogens is 1. The second-order valence-corrected chi connectivity index (χ2v) is 4.85. The van der Waals surface area contributed by atoms with E-state index in [2.05, 4.69) is 38.1 Å². The van der Waals surface area contributed by atoms with Crippen LogP contribution in [0.4, 0.5) is 5.69 Å². The summed E-state index contributed by atoms with van der Waals surface area (Å²) in [6.07, 6.45) is -0.531. The predicted molar refractivity (Wildman–Crippen MR) is 74.0 cm³/mol. The first-order valence-electron chi connectivity index (χ1n) is 4.82. The molecule has 0 radical (unpaired) electrons. The van der Waals surface area contributed by atoms with Gasteiger partial charge in [-0.05, 0) is 40.8 Å². The third kappa shape index (κ3) is 2.58. The maximum absolute atomic E-state index is 9.32. The lowest BCUT2D eigenvalue weighted by Crippen LogP contribution is -2.20. The zero-order valence-electron chi connectivity index (χ0n) is 8.37. The Hall–Kier alpha value is -0.530. The lowest BCUT2D eigenvalue weighted by molar-refractivity contribution is 0.211. The largest absolute Gasteiger partial charge is 0.390 e. The molecule has 86 valence electrons. The second kappa shape index (κ2) is 5.20. The van der Waals surface area contributed by atoms with Gasteiger partial charge in [-0.25, -0.2) is 0 Å². The van der Waals surface area contributed by atoms with E-state index in [9.17, 15) is 5.11 Å². The Morgan fingerprint density at radius 2 is 2.38 bits per heavy atom. The molecule has 0 amide bonds. The van der Waals surface area contributed by atoms with E-state index in [1.54, 1.807) is 0 Å². The van der Waals surface area contributed by atoms with E-state index in [0.717, 1.165) is 20.3 Å². The summed E-state index contributed by atoms with van der Waals surface area (Å²) >= 11 is 7.72. The SMILES string of the molecule is OC(CCl)CNc1ccc2c(I)[nH]nc2c1. The Balaban J connectivity index is 2.14. The van der Waals surface area contributed by atoms with Gasteiger partial charge in [-0.15, -0.1) is 11.6 Å². The van der Waals surface area contributed by atoms with Gasteiger partial charge in [-0.2, -0.15) is 5.10 Å². The van der Waals surface area contributed by atoms with E-state index >= 15 is 0 Å². The van der Waals surface area contributed by atoms with Crippen molar-refractivity contribution >= 4 is 50.8 Å². The number of nitrogens with one attached hydrogen (secondary N) is 2. The number of aromatic nitrogens is 2. The molecule has 2 rings (SSSR count). The Bertz CT molecular complexity index is 488. The first kappa shape index (κ1) is 11.9. The maximum Gasteiger partial charge on any atom is 0.104 e. The van der Waals surface area contributed by atoms with Crippen LogP contribution in [0.15, 0.2) is 18.2 Å². The predicted octanol–water partition coefficient (Wildman–Crippen LogP) is 2.18. The molecular formula is C10H11ClIN3O. The van der Waals surface area contributed by atoms with Gasteiger partial charge in [0.25, 0.3) is 0 Å². The van der Waals surface area contributed by atoms with Gasteiger partial charge in [0.1, 0.15) is 3.70 Å². The maximum atomic E-state index is 9.32. The molecule has 0 saturated heterocycles. The molecule has 0 aliphatic heterocycles. The zero-order chi connectivity index (χ0) is 11.5. The molecule has 3 N–H and O–H groups in total. The van der Waals surface area contributed by atoms with Crippen LogP contribution in [0.1, 0.15) is 0 Å². The zero-order valence-corrected chi connectivity index (χ0v) is 11.3. The quantitative estimate of drug-likeness (QED) is 0.584. The molecule has 1 atom stereocenters. The standard InChI is InChI=1S/C10H11ClIN3O/c11-4-7(16)5-13-6-1-2-8-9(3-6)14-15-10(8)12/h1-3,7,13,16H,4-5H2,(H,14,15). The number of benzene rings is 1. The number of aromatic amines is 1. The monoisotopic (exact) mass is 351 g/mol. The molecule has 0 fully saturated rings. The van der Waals surface area contributed by atoms with Crippen LogP contribution in [0.3, 0.4) is 0 Å². The summed E-state index contributed by atoms with van der Waals surface area (Å²) in [6.45, 7) is 0.441. The molecule has 1 aromatic carbocycles. The fourth-order valence-electron chi connectivity index (χ4n) is 1.38. The number of fused-ring (bicyclic) bond motifs is 1. The topological polar surface area (TPSA) is 60.9 Å². The smallest absolute Gasteiger partial charge is 0.104 e. The number of alkyl halides is 1. The lowest BCUT2D eigenvalue weighted by Gasteiger charge is -2.09. The van der Waals surface area contributed by atoms with Crippen LogP contribution >= 0.6 is 34.2 Å². The van der Waals surface area contributed by atoms with E-state index in [1.807, 2.05) is 18.2 Å². The summed E-state index contributed by atoms with van der Waals surface area (Å²) in [5.74, 6) is 0.232. The van der Waals surface area contributed by atoms with Crippen molar-refractivity contribution in [3.63, 3.8) is 0 Å². The van der Waals surface area contributed by atoms with Crippen molar-refractivity contribution in [1.29, 1.82) is 0 Å². The highest BCUT2D eigenvalue weighted by molar-refractivity contribution is 14.1. The van der Waals surface area contributed by atoms with Gasteiger partial charge < -0.3 is 10.4 Å². The van der Waals surface area contributed by atoms with Crippen LogP contribution in [0.2, 0.25) is 0 Å². The van der Waals surface area contributed by atoms with E-state index in [0.29, 0.717) is 6.54 Å². The number of anilines is 1. The summed E-state index contributed by atoms with van der Waals surface area (Å²) in [7, 11) is 0. The minimum Gasteiger partial charge on any atom is -0.390 e. The Kier molecular flexibility index (Phi) is 3.88. The van der Waals surface area contributed by atoms with Crippen molar-refractivity contribution in [2.45, 2.75) is 6.10 Å². The van der Waals surface area contributed by atoms with Crippen LogP contribution in [-0.4, -0.2) is 33.8 Å². The van der Waals surface area contributed by atoms with Gasteiger partial charge in [-0.3, -0.25) is 5.10 Å². The number of hydrogen-bond donors (Lipinski definition) is 3. The molecule has 2 aromatic rings. The minimum absolute atomic E-state index is 0.232. The van der Waals surface area contributed by atoms with Crippen LogP contribution < -0.4 is 5.32 Å². The summed E-state index contributed by atoms with van der Waals surface area (Å²) in [5, 5.41) is 20.6. The van der Waals surface area contributed by atoms with Crippen molar-refractivity contribution in [2.75, 3.05) is 17.7 Å². The van der Waals surface area contributed by atoms with Crippen molar-refractivity contribution in [2.24, 2.45) is 0 Å². The minimum atomic E-state index is -0.531. The number of rotatable bonds is 4. The fourth-order valence-corrected chi connectivity index (χ4v) is 2.07. The van der Waals surface area contributed by atoms with Crippen molar-refractivity contribution in [3.05, 3.63) is 21.9 Å². The molecule has 1 heterocycles.